The van der Waals surface area contributed by atoms with Crippen molar-refractivity contribution in [1.82, 2.24) is 0 Å². The maximum absolute atomic E-state index is 11.6. The molecule has 0 atom stereocenters. The van der Waals surface area contributed by atoms with Crippen molar-refractivity contribution in [2.24, 2.45) is 5.92 Å². The van der Waals surface area contributed by atoms with E-state index in [1.165, 1.54) is 25.7 Å². The molecular weight excluding hydrogens is 226 g/mol. The van der Waals surface area contributed by atoms with E-state index in [0.717, 1.165) is 11.3 Å². The van der Waals surface area contributed by atoms with Crippen LogP contribution in [-0.2, 0) is 16.0 Å². The Morgan fingerprint density at radius 3 is 2.83 bits per heavy atom. The van der Waals surface area contributed by atoms with Crippen molar-refractivity contribution in [3.8, 4) is 0 Å². The first kappa shape index (κ1) is 12.9. The molecule has 0 radical (unpaired) electrons. The molecule has 0 saturated heterocycles. The molecule has 0 aromatic heterocycles. The van der Waals surface area contributed by atoms with Crippen LogP contribution in [0, 0.1) is 5.92 Å². The van der Waals surface area contributed by atoms with Gasteiger partial charge in [-0.3, -0.25) is 4.79 Å². The van der Waals surface area contributed by atoms with Crippen molar-refractivity contribution in [1.29, 1.82) is 0 Å². The van der Waals surface area contributed by atoms with E-state index in [1.54, 1.807) is 0 Å². The van der Waals surface area contributed by atoms with Gasteiger partial charge in [-0.15, -0.1) is 0 Å². The van der Waals surface area contributed by atoms with Gasteiger partial charge in [0, 0.05) is 12.1 Å². The van der Waals surface area contributed by atoms with Crippen LogP contribution in [-0.4, -0.2) is 12.6 Å². The number of hydrogen-bond donors (Lipinski definition) is 1. The highest BCUT2D eigenvalue weighted by Gasteiger charge is 2.16. The highest BCUT2D eigenvalue weighted by atomic mass is 16.5. The molecule has 0 amide bonds. The summed E-state index contributed by atoms with van der Waals surface area (Å²) in [6.45, 7) is 0.607. The Labute approximate surface area is 108 Å². The third-order valence-electron chi connectivity index (χ3n) is 3.52. The molecule has 18 heavy (non-hydrogen) atoms. The molecule has 2 N–H and O–H groups in total. The zero-order chi connectivity index (χ0) is 12.8. The smallest absolute Gasteiger partial charge is 0.306 e. The summed E-state index contributed by atoms with van der Waals surface area (Å²) in [6, 6.07) is 7.65. The Hall–Kier alpha value is -1.51. The zero-order valence-corrected chi connectivity index (χ0v) is 10.7. The van der Waals surface area contributed by atoms with E-state index < -0.39 is 0 Å². The van der Waals surface area contributed by atoms with Crippen molar-refractivity contribution < 1.29 is 9.53 Å². The van der Waals surface area contributed by atoms with Crippen molar-refractivity contribution in [3.63, 3.8) is 0 Å². The molecular formula is C15H21NO2. The second-order valence-corrected chi connectivity index (χ2v) is 5.08. The van der Waals surface area contributed by atoms with Crippen LogP contribution in [0.1, 0.15) is 37.7 Å². The maximum atomic E-state index is 11.6. The molecule has 0 unspecified atom stereocenters. The molecule has 1 aromatic carbocycles. The lowest BCUT2D eigenvalue weighted by Crippen LogP contribution is -2.12. The summed E-state index contributed by atoms with van der Waals surface area (Å²) in [7, 11) is 0. The first-order valence-electron chi connectivity index (χ1n) is 6.74. The number of aryl methyl sites for hydroxylation is 1. The predicted octanol–water partition coefficient (Wildman–Crippen LogP) is 2.93. The molecule has 1 fully saturated rings. The van der Waals surface area contributed by atoms with Crippen LogP contribution in [0.5, 0.6) is 0 Å². The molecule has 0 heterocycles. The summed E-state index contributed by atoms with van der Waals surface area (Å²) in [4.78, 5) is 11.6. The number of hydrogen-bond acceptors (Lipinski definition) is 3. The first-order chi connectivity index (χ1) is 8.74. The fraction of sp³-hybridized carbons (Fsp3) is 0.533. The average Bonchev–Trinajstić information content (AvgIpc) is 2.87. The van der Waals surface area contributed by atoms with E-state index in [4.69, 9.17) is 10.5 Å². The summed E-state index contributed by atoms with van der Waals surface area (Å²) in [5, 5.41) is 0. The van der Waals surface area contributed by atoms with E-state index in [-0.39, 0.29) is 5.97 Å². The number of carbonyl (C=O) groups excluding carboxylic acids is 1. The summed E-state index contributed by atoms with van der Waals surface area (Å²) < 4.78 is 5.31. The summed E-state index contributed by atoms with van der Waals surface area (Å²) in [5.41, 5.74) is 7.52. The fourth-order valence-corrected chi connectivity index (χ4v) is 2.46. The minimum Gasteiger partial charge on any atom is -0.465 e. The van der Waals surface area contributed by atoms with Crippen molar-refractivity contribution in [2.45, 2.75) is 38.5 Å². The minimum atomic E-state index is -0.0932. The molecule has 98 valence electrons. The van der Waals surface area contributed by atoms with E-state index in [9.17, 15) is 4.79 Å². The van der Waals surface area contributed by atoms with Gasteiger partial charge in [0.2, 0.25) is 0 Å². The van der Waals surface area contributed by atoms with Crippen LogP contribution >= 0.6 is 0 Å². The van der Waals surface area contributed by atoms with Crippen LogP contribution in [0.4, 0.5) is 5.69 Å². The standard InChI is InChI=1S/C15H21NO2/c16-14-7-3-6-12(10-14)8-9-15(17)18-11-13-4-1-2-5-13/h3,6-7,10,13H,1-2,4-5,8-9,11,16H2. The summed E-state index contributed by atoms with van der Waals surface area (Å²) in [6.07, 6.45) is 6.13. The van der Waals surface area contributed by atoms with E-state index in [2.05, 4.69) is 0 Å². The van der Waals surface area contributed by atoms with Crippen molar-refractivity contribution >= 4 is 11.7 Å². The molecule has 2 rings (SSSR count). The molecule has 1 aliphatic rings. The van der Waals surface area contributed by atoms with Crippen LogP contribution in [0.3, 0.4) is 0 Å². The Kier molecular flexibility index (Phi) is 4.62. The Morgan fingerprint density at radius 2 is 2.11 bits per heavy atom. The number of esters is 1. The highest BCUT2D eigenvalue weighted by Crippen LogP contribution is 2.24. The lowest BCUT2D eigenvalue weighted by Gasteiger charge is -2.10. The first-order valence-corrected chi connectivity index (χ1v) is 6.74. The quantitative estimate of drug-likeness (QED) is 0.643. The van der Waals surface area contributed by atoms with Crippen LogP contribution < -0.4 is 5.73 Å². The lowest BCUT2D eigenvalue weighted by molar-refractivity contribution is -0.144. The number of ether oxygens (including phenoxy) is 1. The number of rotatable bonds is 5. The van der Waals surface area contributed by atoms with Gasteiger partial charge >= 0.3 is 5.97 Å². The number of nitrogen functional groups attached to an aromatic ring is 1. The normalized spacial score (nSPS) is 15.8. The van der Waals surface area contributed by atoms with Crippen LogP contribution in [0.15, 0.2) is 24.3 Å². The van der Waals surface area contributed by atoms with Gasteiger partial charge in [0.05, 0.1) is 6.61 Å². The molecule has 0 bridgehead atoms. The Morgan fingerprint density at radius 1 is 1.33 bits per heavy atom. The SMILES string of the molecule is Nc1cccc(CCC(=O)OCC2CCCC2)c1. The summed E-state index contributed by atoms with van der Waals surface area (Å²) >= 11 is 0. The lowest BCUT2D eigenvalue weighted by atomic mass is 10.1. The number of anilines is 1. The van der Waals surface area contributed by atoms with Gasteiger partial charge in [-0.25, -0.2) is 0 Å². The van der Waals surface area contributed by atoms with Crippen LogP contribution in [0.25, 0.3) is 0 Å². The second kappa shape index (κ2) is 6.43. The van der Waals surface area contributed by atoms with Gasteiger partial charge in [-0.05, 0) is 42.9 Å². The van der Waals surface area contributed by atoms with Crippen molar-refractivity contribution in [3.05, 3.63) is 29.8 Å². The van der Waals surface area contributed by atoms with Gasteiger partial charge in [-0.2, -0.15) is 0 Å². The molecule has 0 spiro atoms. The third-order valence-corrected chi connectivity index (χ3v) is 3.52. The number of nitrogens with two attached hydrogens (primary N) is 1. The number of carbonyl (C=O) groups is 1. The third kappa shape index (κ3) is 4.06. The molecule has 1 aliphatic carbocycles. The van der Waals surface area contributed by atoms with Gasteiger partial charge < -0.3 is 10.5 Å². The predicted molar refractivity (Wildman–Crippen MR) is 72.1 cm³/mol. The Balaban J connectivity index is 1.68. The molecule has 1 aromatic rings. The van der Waals surface area contributed by atoms with Gasteiger partial charge in [0.1, 0.15) is 0 Å². The molecule has 3 heteroatoms. The molecule has 1 saturated carbocycles. The fourth-order valence-electron chi connectivity index (χ4n) is 2.46. The monoisotopic (exact) mass is 247 g/mol. The van der Waals surface area contributed by atoms with E-state index >= 15 is 0 Å². The van der Waals surface area contributed by atoms with Gasteiger partial charge in [-0.1, -0.05) is 25.0 Å². The van der Waals surface area contributed by atoms with E-state index in [1.807, 2.05) is 24.3 Å². The maximum Gasteiger partial charge on any atom is 0.306 e. The van der Waals surface area contributed by atoms with Gasteiger partial charge in [0.25, 0.3) is 0 Å². The summed E-state index contributed by atoms with van der Waals surface area (Å²) in [5.74, 6) is 0.505. The van der Waals surface area contributed by atoms with E-state index in [0.29, 0.717) is 25.4 Å². The topological polar surface area (TPSA) is 52.3 Å². The van der Waals surface area contributed by atoms with Crippen LogP contribution in [0.2, 0.25) is 0 Å². The van der Waals surface area contributed by atoms with Gasteiger partial charge in [0.15, 0.2) is 0 Å². The second-order valence-electron chi connectivity index (χ2n) is 5.08. The Bertz CT molecular complexity index is 397. The zero-order valence-electron chi connectivity index (χ0n) is 10.7. The molecule has 3 nitrogen and oxygen atoms in total. The highest BCUT2D eigenvalue weighted by molar-refractivity contribution is 5.69. The minimum absolute atomic E-state index is 0.0932. The average molecular weight is 247 g/mol. The largest absolute Gasteiger partial charge is 0.465 e. The molecule has 0 aliphatic heterocycles. The van der Waals surface area contributed by atoms with Crippen molar-refractivity contribution in [2.75, 3.05) is 12.3 Å². The number of benzene rings is 1.